The van der Waals surface area contributed by atoms with Gasteiger partial charge >= 0.3 is 5.97 Å². The molecule has 4 nitrogen and oxygen atoms in total. The predicted octanol–water partition coefficient (Wildman–Crippen LogP) is 5.81. The zero-order chi connectivity index (χ0) is 21.4. The third kappa shape index (κ3) is 16.1. The second-order valence-corrected chi connectivity index (χ2v) is 7.51. The van der Waals surface area contributed by atoms with E-state index in [1.807, 2.05) is 6.92 Å². The first-order chi connectivity index (χ1) is 13.2. The molecule has 0 aromatic rings. The van der Waals surface area contributed by atoms with E-state index < -0.39 is 5.97 Å². The van der Waals surface area contributed by atoms with Crippen LogP contribution < -0.4 is 5.32 Å². The Labute approximate surface area is 171 Å². The Morgan fingerprint density at radius 3 is 1.79 bits per heavy atom. The Balaban J connectivity index is 4.13. The van der Waals surface area contributed by atoms with Gasteiger partial charge in [-0.15, -0.1) is 0 Å². The van der Waals surface area contributed by atoms with E-state index in [-0.39, 0.29) is 12.5 Å². The van der Waals surface area contributed by atoms with Gasteiger partial charge in [-0.1, -0.05) is 40.5 Å². The Kier molecular flexibility index (Phi) is 14.7. The molecular weight excluding hydrogens is 350 g/mol. The molecule has 0 aromatic heterocycles. The number of ether oxygens (including phenoxy) is 1. The summed E-state index contributed by atoms with van der Waals surface area (Å²) >= 11 is 0. The monoisotopic (exact) mass is 389 g/mol. The van der Waals surface area contributed by atoms with Crippen LogP contribution in [0.4, 0.5) is 0 Å². The summed E-state index contributed by atoms with van der Waals surface area (Å²) in [4.78, 5) is 23.0. The number of carbonyl (C=O) groups excluding carboxylic acids is 2. The second kappa shape index (κ2) is 15.9. The zero-order valence-corrected chi connectivity index (χ0v) is 18.7. The largest absolute Gasteiger partial charge is 0.465 e. The lowest BCUT2D eigenvalue weighted by Crippen LogP contribution is -2.29. The smallest absolute Gasteiger partial charge is 0.325 e. The minimum atomic E-state index is -0.415. The number of allylic oxidation sites excluding steroid dienone is 7. The summed E-state index contributed by atoms with van der Waals surface area (Å²) < 4.78 is 4.78. The zero-order valence-electron chi connectivity index (χ0n) is 18.7. The standard InChI is InChI=1S/C24H39NO3/c1-7-28-24(27)18-25-23(26)17-22(6)16-10-15-21(5)14-9-13-20(4)12-8-11-19(2)3/h11,13,15,17H,7-10,12,14,16,18H2,1-6H3,(H,25,26). The van der Waals surface area contributed by atoms with Crippen LogP contribution in [-0.2, 0) is 14.3 Å². The van der Waals surface area contributed by atoms with Crippen molar-refractivity contribution in [1.82, 2.24) is 5.32 Å². The van der Waals surface area contributed by atoms with E-state index in [4.69, 9.17) is 4.74 Å². The van der Waals surface area contributed by atoms with Crippen molar-refractivity contribution in [2.24, 2.45) is 0 Å². The van der Waals surface area contributed by atoms with E-state index >= 15 is 0 Å². The van der Waals surface area contributed by atoms with Gasteiger partial charge in [0.25, 0.3) is 0 Å². The maximum atomic E-state index is 11.8. The highest BCUT2D eigenvalue weighted by Gasteiger charge is 2.04. The van der Waals surface area contributed by atoms with Crippen LogP contribution in [0.3, 0.4) is 0 Å². The van der Waals surface area contributed by atoms with E-state index in [2.05, 4.69) is 51.2 Å². The van der Waals surface area contributed by atoms with Crippen LogP contribution in [0.15, 0.2) is 46.6 Å². The van der Waals surface area contributed by atoms with Gasteiger partial charge in [0.1, 0.15) is 6.54 Å². The molecule has 0 aliphatic heterocycles. The third-order valence-corrected chi connectivity index (χ3v) is 4.24. The first kappa shape index (κ1) is 25.9. The molecule has 28 heavy (non-hydrogen) atoms. The maximum Gasteiger partial charge on any atom is 0.325 e. The number of hydrogen-bond donors (Lipinski definition) is 1. The van der Waals surface area contributed by atoms with Crippen LogP contribution in [0.2, 0.25) is 0 Å². The quantitative estimate of drug-likeness (QED) is 0.246. The number of carbonyl (C=O) groups is 2. The lowest BCUT2D eigenvalue weighted by atomic mass is 10.0. The van der Waals surface area contributed by atoms with Gasteiger partial charge in [0.15, 0.2) is 0 Å². The fourth-order valence-electron chi connectivity index (χ4n) is 2.60. The van der Waals surface area contributed by atoms with Crippen LogP contribution >= 0.6 is 0 Å². The molecular formula is C24H39NO3. The minimum absolute atomic E-state index is 0.0866. The minimum Gasteiger partial charge on any atom is -0.465 e. The fraction of sp³-hybridized carbons (Fsp3) is 0.583. The van der Waals surface area contributed by atoms with Gasteiger partial charge in [0.05, 0.1) is 6.61 Å². The molecule has 0 atom stereocenters. The summed E-state index contributed by atoms with van der Waals surface area (Å²) in [5.41, 5.74) is 5.22. The fourth-order valence-corrected chi connectivity index (χ4v) is 2.60. The van der Waals surface area contributed by atoms with Crippen LogP contribution in [0.25, 0.3) is 0 Å². The van der Waals surface area contributed by atoms with E-state index in [9.17, 15) is 9.59 Å². The lowest BCUT2D eigenvalue weighted by Gasteiger charge is -2.04. The molecule has 0 aliphatic carbocycles. The molecule has 0 rings (SSSR count). The van der Waals surface area contributed by atoms with Gasteiger partial charge in [-0.25, -0.2) is 0 Å². The van der Waals surface area contributed by atoms with Crippen molar-refractivity contribution in [2.45, 2.75) is 80.1 Å². The highest BCUT2D eigenvalue weighted by Crippen LogP contribution is 2.13. The number of esters is 1. The van der Waals surface area contributed by atoms with Crippen molar-refractivity contribution >= 4 is 11.9 Å². The van der Waals surface area contributed by atoms with Gasteiger partial charge in [-0.05, 0) is 80.1 Å². The summed E-state index contributed by atoms with van der Waals surface area (Å²) in [5.74, 6) is -0.665. The average Bonchev–Trinajstić information content (AvgIpc) is 2.60. The Morgan fingerprint density at radius 1 is 0.786 bits per heavy atom. The summed E-state index contributed by atoms with van der Waals surface area (Å²) in [7, 11) is 0. The lowest BCUT2D eigenvalue weighted by molar-refractivity contribution is -0.143. The van der Waals surface area contributed by atoms with E-state index in [1.54, 1.807) is 13.0 Å². The molecule has 0 saturated heterocycles. The first-order valence-corrected chi connectivity index (χ1v) is 10.3. The van der Waals surface area contributed by atoms with Crippen LogP contribution in [0, 0.1) is 0 Å². The Bertz CT molecular complexity index is 605. The van der Waals surface area contributed by atoms with Crippen molar-refractivity contribution < 1.29 is 14.3 Å². The number of rotatable bonds is 13. The molecule has 158 valence electrons. The first-order valence-electron chi connectivity index (χ1n) is 10.3. The summed E-state index contributed by atoms with van der Waals surface area (Å²) in [5, 5.41) is 2.54. The number of nitrogens with one attached hydrogen (secondary N) is 1. The molecule has 4 heteroatoms. The molecule has 0 fully saturated rings. The van der Waals surface area contributed by atoms with E-state index in [0.717, 1.165) is 44.1 Å². The molecule has 0 heterocycles. The summed E-state index contributed by atoms with van der Waals surface area (Å²) in [6, 6.07) is 0. The average molecular weight is 390 g/mol. The van der Waals surface area contributed by atoms with Crippen molar-refractivity contribution in [1.29, 1.82) is 0 Å². The van der Waals surface area contributed by atoms with Crippen molar-refractivity contribution in [3.8, 4) is 0 Å². The predicted molar refractivity (Wildman–Crippen MR) is 118 cm³/mol. The molecule has 0 unspecified atom stereocenters. The molecule has 0 aromatic carbocycles. The molecule has 0 spiro atoms. The topological polar surface area (TPSA) is 55.4 Å². The SMILES string of the molecule is CCOC(=O)CNC(=O)C=C(C)CCC=C(C)CCC=C(C)CCC=C(C)C. The normalized spacial score (nSPS) is 12.6. The highest BCUT2D eigenvalue weighted by molar-refractivity contribution is 5.90. The Morgan fingerprint density at radius 2 is 1.29 bits per heavy atom. The van der Waals surface area contributed by atoms with Gasteiger partial charge in [-0.2, -0.15) is 0 Å². The molecule has 0 radical (unpaired) electrons. The molecule has 1 N–H and O–H groups in total. The van der Waals surface area contributed by atoms with Crippen LogP contribution in [0.5, 0.6) is 0 Å². The molecule has 0 saturated carbocycles. The second-order valence-electron chi connectivity index (χ2n) is 7.51. The van der Waals surface area contributed by atoms with E-state index in [1.165, 1.54) is 16.7 Å². The van der Waals surface area contributed by atoms with Crippen molar-refractivity contribution in [3.05, 3.63) is 46.6 Å². The van der Waals surface area contributed by atoms with E-state index in [0.29, 0.717) is 6.61 Å². The van der Waals surface area contributed by atoms with Crippen LogP contribution in [-0.4, -0.2) is 25.0 Å². The number of hydrogen-bond acceptors (Lipinski definition) is 3. The molecule has 1 amide bonds. The van der Waals surface area contributed by atoms with Crippen molar-refractivity contribution in [2.75, 3.05) is 13.2 Å². The van der Waals surface area contributed by atoms with Crippen molar-refractivity contribution in [3.63, 3.8) is 0 Å². The Hall–Kier alpha value is -2.10. The molecule has 0 bridgehead atoms. The van der Waals surface area contributed by atoms with Gasteiger partial charge < -0.3 is 10.1 Å². The van der Waals surface area contributed by atoms with Gasteiger partial charge in [0, 0.05) is 6.08 Å². The van der Waals surface area contributed by atoms with Gasteiger partial charge in [-0.3, -0.25) is 9.59 Å². The third-order valence-electron chi connectivity index (χ3n) is 4.24. The number of amides is 1. The highest BCUT2D eigenvalue weighted by atomic mass is 16.5. The summed E-state index contributed by atoms with van der Waals surface area (Å²) in [6.07, 6.45) is 14.6. The van der Waals surface area contributed by atoms with Crippen LogP contribution in [0.1, 0.15) is 80.1 Å². The summed E-state index contributed by atoms with van der Waals surface area (Å²) in [6.45, 7) is 12.6. The van der Waals surface area contributed by atoms with Gasteiger partial charge in [0.2, 0.25) is 5.91 Å². The maximum absolute atomic E-state index is 11.8. The molecule has 0 aliphatic rings.